The van der Waals surface area contributed by atoms with E-state index in [2.05, 4.69) is 0 Å². The Bertz CT molecular complexity index is 368. The molecule has 0 saturated heterocycles. The maximum absolute atomic E-state index is 12.7. The highest BCUT2D eigenvalue weighted by Crippen LogP contribution is 2.39. The SMILES string of the molecule is COc1ccc(Cl)cc1C(CN)C(F)(F)F. The molecule has 1 aromatic carbocycles. The first kappa shape index (κ1) is 13.1. The number of methoxy groups -OCH3 is 1. The highest BCUT2D eigenvalue weighted by molar-refractivity contribution is 6.30. The number of hydrogen-bond acceptors (Lipinski definition) is 2. The molecule has 0 amide bonds. The third-order valence-corrected chi connectivity index (χ3v) is 2.43. The highest BCUT2D eigenvalue weighted by Gasteiger charge is 2.41. The van der Waals surface area contributed by atoms with Crippen molar-refractivity contribution in [2.24, 2.45) is 5.73 Å². The van der Waals surface area contributed by atoms with Gasteiger partial charge in [-0.25, -0.2) is 0 Å². The van der Waals surface area contributed by atoms with Gasteiger partial charge in [-0.2, -0.15) is 13.2 Å². The minimum absolute atomic E-state index is 0.0370. The molecule has 1 rings (SSSR count). The Morgan fingerprint density at radius 2 is 2.06 bits per heavy atom. The molecule has 90 valence electrons. The van der Waals surface area contributed by atoms with Gasteiger partial charge >= 0.3 is 6.18 Å². The Kier molecular flexibility index (Phi) is 4.04. The van der Waals surface area contributed by atoms with Crippen LogP contribution in [0, 0.1) is 0 Å². The first-order valence-electron chi connectivity index (χ1n) is 4.50. The van der Waals surface area contributed by atoms with E-state index in [0.29, 0.717) is 0 Å². The molecule has 0 bridgehead atoms. The molecule has 1 aromatic rings. The van der Waals surface area contributed by atoms with Gasteiger partial charge in [0.25, 0.3) is 0 Å². The van der Waals surface area contributed by atoms with Gasteiger partial charge in [0.05, 0.1) is 13.0 Å². The average molecular weight is 254 g/mol. The molecule has 1 unspecified atom stereocenters. The van der Waals surface area contributed by atoms with Crippen molar-refractivity contribution in [3.63, 3.8) is 0 Å². The summed E-state index contributed by atoms with van der Waals surface area (Å²) in [6.45, 7) is -0.541. The van der Waals surface area contributed by atoms with Crippen LogP contribution in [0.15, 0.2) is 18.2 Å². The molecule has 6 heteroatoms. The Morgan fingerprint density at radius 1 is 1.44 bits per heavy atom. The van der Waals surface area contributed by atoms with E-state index < -0.39 is 18.6 Å². The molecule has 2 N–H and O–H groups in total. The average Bonchev–Trinajstić information content (AvgIpc) is 2.17. The van der Waals surface area contributed by atoms with Crippen LogP contribution in [0.5, 0.6) is 5.75 Å². The van der Waals surface area contributed by atoms with E-state index in [-0.39, 0.29) is 16.3 Å². The fourth-order valence-corrected chi connectivity index (χ4v) is 1.59. The van der Waals surface area contributed by atoms with Crippen LogP contribution in [-0.2, 0) is 0 Å². The van der Waals surface area contributed by atoms with Gasteiger partial charge in [0.2, 0.25) is 0 Å². The normalized spacial score (nSPS) is 13.6. The molecule has 0 fully saturated rings. The van der Waals surface area contributed by atoms with Crippen molar-refractivity contribution in [2.75, 3.05) is 13.7 Å². The van der Waals surface area contributed by atoms with E-state index in [1.807, 2.05) is 0 Å². The highest BCUT2D eigenvalue weighted by atomic mass is 35.5. The lowest BCUT2D eigenvalue weighted by molar-refractivity contribution is -0.148. The zero-order valence-corrected chi connectivity index (χ0v) is 9.27. The summed E-state index contributed by atoms with van der Waals surface area (Å²) in [5.74, 6) is -1.63. The van der Waals surface area contributed by atoms with E-state index in [1.165, 1.54) is 25.3 Å². The molecule has 0 aliphatic carbocycles. The fourth-order valence-electron chi connectivity index (χ4n) is 1.41. The molecule has 0 saturated carbocycles. The Balaban J connectivity index is 3.23. The summed E-state index contributed by atoms with van der Waals surface area (Å²) in [5.41, 5.74) is 5.11. The maximum Gasteiger partial charge on any atom is 0.397 e. The van der Waals surface area contributed by atoms with Gasteiger partial charge in [-0.1, -0.05) is 11.6 Å². The van der Waals surface area contributed by atoms with E-state index in [0.717, 1.165) is 0 Å². The third kappa shape index (κ3) is 2.80. The van der Waals surface area contributed by atoms with Crippen molar-refractivity contribution in [2.45, 2.75) is 12.1 Å². The largest absolute Gasteiger partial charge is 0.496 e. The minimum atomic E-state index is -4.41. The van der Waals surface area contributed by atoms with Gasteiger partial charge in [-0.05, 0) is 18.2 Å². The lowest BCUT2D eigenvalue weighted by Gasteiger charge is -2.21. The quantitative estimate of drug-likeness (QED) is 0.899. The van der Waals surface area contributed by atoms with Crippen LogP contribution in [0.2, 0.25) is 5.02 Å². The van der Waals surface area contributed by atoms with Gasteiger partial charge < -0.3 is 10.5 Å². The summed E-state index contributed by atoms with van der Waals surface area (Å²) >= 11 is 5.66. The molecule has 0 aliphatic heterocycles. The monoisotopic (exact) mass is 253 g/mol. The van der Waals surface area contributed by atoms with Crippen LogP contribution in [0.3, 0.4) is 0 Å². The van der Waals surface area contributed by atoms with Crippen molar-refractivity contribution in [1.29, 1.82) is 0 Å². The molecular formula is C10H11ClF3NO. The zero-order chi connectivity index (χ0) is 12.3. The van der Waals surface area contributed by atoms with Crippen molar-refractivity contribution in [3.05, 3.63) is 28.8 Å². The van der Waals surface area contributed by atoms with E-state index in [1.54, 1.807) is 0 Å². The lowest BCUT2D eigenvalue weighted by atomic mass is 9.97. The predicted octanol–water partition coefficient (Wildman–Crippen LogP) is 2.95. The molecule has 0 spiro atoms. The topological polar surface area (TPSA) is 35.2 Å². The van der Waals surface area contributed by atoms with Gasteiger partial charge in [0.1, 0.15) is 5.75 Å². The maximum atomic E-state index is 12.7. The third-order valence-electron chi connectivity index (χ3n) is 2.20. The molecule has 1 atom stereocenters. The summed E-state index contributed by atoms with van der Waals surface area (Å²) in [6.07, 6.45) is -4.41. The first-order valence-corrected chi connectivity index (χ1v) is 4.88. The van der Waals surface area contributed by atoms with Crippen LogP contribution in [-0.4, -0.2) is 19.8 Å². The summed E-state index contributed by atoms with van der Waals surface area (Å²) in [6, 6.07) is 4.09. The Hall–Kier alpha value is -0.940. The first-order chi connectivity index (χ1) is 7.40. The lowest BCUT2D eigenvalue weighted by Crippen LogP contribution is -2.28. The second-order valence-corrected chi connectivity index (χ2v) is 3.65. The van der Waals surface area contributed by atoms with Crippen molar-refractivity contribution >= 4 is 11.6 Å². The summed E-state index contributed by atoms with van der Waals surface area (Å²) < 4.78 is 42.9. The van der Waals surface area contributed by atoms with Gasteiger partial charge in [-0.15, -0.1) is 0 Å². The van der Waals surface area contributed by atoms with Crippen LogP contribution in [0.1, 0.15) is 11.5 Å². The Morgan fingerprint density at radius 3 is 2.50 bits per heavy atom. The van der Waals surface area contributed by atoms with Crippen molar-refractivity contribution < 1.29 is 17.9 Å². The standard InChI is InChI=1S/C10H11ClF3NO/c1-16-9-3-2-6(11)4-7(9)8(5-15)10(12,13)14/h2-4,8H,5,15H2,1H3. The Labute approximate surface area is 96.1 Å². The molecule has 0 radical (unpaired) electrons. The smallest absolute Gasteiger partial charge is 0.397 e. The number of halogens is 4. The molecule has 0 aliphatic rings. The van der Waals surface area contributed by atoms with E-state index in [9.17, 15) is 13.2 Å². The summed E-state index contributed by atoms with van der Waals surface area (Å²) in [5, 5.41) is 0.221. The number of ether oxygens (including phenoxy) is 1. The zero-order valence-electron chi connectivity index (χ0n) is 8.51. The molecule has 0 heterocycles. The number of nitrogens with two attached hydrogens (primary N) is 1. The van der Waals surface area contributed by atoms with Gasteiger partial charge in [0, 0.05) is 17.1 Å². The second-order valence-electron chi connectivity index (χ2n) is 3.22. The van der Waals surface area contributed by atoms with Gasteiger partial charge in [0.15, 0.2) is 0 Å². The number of rotatable bonds is 3. The van der Waals surface area contributed by atoms with Crippen LogP contribution < -0.4 is 10.5 Å². The second kappa shape index (κ2) is 4.93. The number of benzene rings is 1. The molecule has 2 nitrogen and oxygen atoms in total. The minimum Gasteiger partial charge on any atom is -0.496 e. The summed E-state index contributed by atoms with van der Waals surface area (Å²) in [7, 11) is 1.30. The van der Waals surface area contributed by atoms with Crippen molar-refractivity contribution in [3.8, 4) is 5.75 Å². The van der Waals surface area contributed by atoms with Gasteiger partial charge in [-0.3, -0.25) is 0 Å². The van der Waals surface area contributed by atoms with Crippen molar-refractivity contribution in [1.82, 2.24) is 0 Å². The fraction of sp³-hybridized carbons (Fsp3) is 0.400. The predicted molar refractivity (Wildman–Crippen MR) is 55.9 cm³/mol. The molecule has 16 heavy (non-hydrogen) atoms. The van der Waals surface area contributed by atoms with Crippen LogP contribution in [0.4, 0.5) is 13.2 Å². The number of alkyl halides is 3. The molecule has 0 aromatic heterocycles. The van der Waals surface area contributed by atoms with E-state index in [4.69, 9.17) is 22.1 Å². The molecular weight excluding hydrogens is 243 g/mol. The van der Waals surface area contributed by atoms with E-state index >= 15 is 0 Å². The number of hydrogen-bond donors (Lipinski definition) is 1. The van der Waals surface area contributed by atoms with Crippen LogP contribution in [0.25, 0.3) is 0 Å². The van der Waals surface area contributed by atoms with Crippen LogP contribution >= 0.6 is 11.6 Å². The summed E-state index contributed by atoms with van der Waals surface area (Å²) in [4.78, 5) is 0.